The molecular weight excluding hydrogens is 387 g/mol. The van der Waals surface area contributed by atoms with Gasteiger partial charge in [0.15, 0.2) is 5.16 Å². The van der Waals surface area contributed by atoms with Crippen LogP contribution in [0.15, 0.2) is 53.8 Å². The second-order valence-corrected chi connectivity index (χ2v) is 7.37. The average Bonchev–Trinajstić information content (AvgIpc) is 2.68. The van der Waals surface area contributed by atoms with Crippen LogP contribution in [-0.4, -0.2) is 53.3 Å². The number of piperazine rings is 1. The molecule has 0 saturated carbocycles. The molecule has 9 heteroatoms. The molecule has 0 amide bonds. The predicted octanol–water partition coefficient (Wildman–Crippen LogP) is 3.55. The lowest BCUT2D eigenvalue weighted by molar-refractivity contribution is -0.137. The molecule has 5 nitrogen and oxygen atoms in total. The molecule has 1 saturated heterocycles. The van der Waals surface area contributed by atoms with Crippen LogP contribution in [0.1, 0.15) is 5.56 Å². The number of alkyl halides is 3. The number of rotatable bonds is 6. The van der Waals surface area contributed by atoms with E-state index in [0.29, 0.717) is 29.8 Å². The number of halogens is 3. The number of nitrogens with two attached hydrogens (primary N) is 1. The fourth-order valence-electron chi connectivity index (χ4n) is 2.91. The second kappa shape index (κ2) is 9.29. The van der Waals surface area contributed by atoms with Crippen molar-refractivity contribution < 1.29 is 13.2 Å². The molecule has 3 rings (SSSR count). The van der Waals surface area contributed by atoms with Gasteiger partial charge in [-0.2, -0.15) is 13.2 Å². The molecular formula is C19H22F3N5S. The van der Waals surface area contributed by atoms with Crippen molar-refractivity contribution in [2.45, 2.75) is 11.3 Å². The number of aromatic nitrogens is 2. The summed E-state index contributed by atoms with van der Waals surface area (Å²) in [5.74, 6) is 1.22. The lowest BCUT2D eigenvalue weighted by Crippen LogP contribution is -2.46. The molecule has 0 radical (unpaired) electrons. The first-order valence-corrected chi connectivity index (χ1v) is 9.91. The highest BCUT2D eigenvalue weighted by molar-refractivity contribution is 7.99. The van der Waals surface area contributed by atoms with Crippen molar-refractivity contribution >= 4 is 23.3 Å². The Kier molecular flexibility index (Phi) is 6.79. The van der Waals surface area contributed by atoms with E-state index < -0.39 is 11.7 Å². The molecule has 0 aliphatic carbocycles. The number of nitrogens with zero attached hydrogens (tertiary/aromatic N) is 4. The summed E-state index contributed by atoms with van der Waals surface area (Å²) in [6.07, 6.45) is 1.49. The standard InChI is InChI=1S/C19H22F3N5S/c20-19(21,22)15-4-3-5-16(14-15)27-11-9-26(10-12-27)8-1-2-13-28-18-24-7-6-17(23)25-18/h1-7,14H,8-13H2,(H2,23,24,25)/b2-1+. The Balaban J connectivity index is 1.42. The Labute approximate surface area is 166 Å². The summed E-state index contributed by atoms with van der Waals surface area (Å²) in [5, 5.41) is 0.652. The molecule has 2 heterocycles. The monoisotopic (exact) mass is 409 g/mol. The minimum Gasteiger partial charge on any atom is -0.384 e. The Bertz CT molecular complexity index is 804. The molecule has 2 N–H and O–H groups in total. The fourth-order valence-corrected chi connectivity index (χ4v) is 3.59. The molecule has 0 unspecified atom stereocenters. The lowest BCUT2D eigenvalue weighted by Gasteiger charge is -2.35. The molecule has 0 spiro atoms. The van der Waals surface area contributed by atoms with Gasteiger partial charge in [0, 0.05) is 50.4 Å². The van der Waals surface area contributed by atoms with Crippen molar-refractivity contribution in [3.8, 4) is 0 Å². The third-order valence-corrected chi connectivity index (χ3v) is 5.22. The maximum absolute atomic E-state index is 12.9. The van der Waals surface area contributed by atoms with Gasteiger partial charge in [-0.1, -0.05) is 30.0 Å². The first-order chi connectivity index (χ1) is 13.4. The number of hydrogen-bond donors (Lipinski definition) is 1. The van der Waals surface area contributed by atoms with Crippen molar-refractivity contribution in [3.63, 3.8) is 0 Å². The van der Waals surface area contributed by atoms with Crippen molar-refractivity contribution in [2.75, 3.05) is 49.1 Å². The normalized spacial score (nSPS) is 16.0. The molecule has 1 aromatic heterocycles. The number of anilines is 2. The zero-order chi connectivity index (χ0) is 20.0. The van der Waals surface area contributed by atoms with Crippen molar-refractivity contribution in [1.29, 1.82) is 0 Å². The van der Waals surface area contributed by atoms with Crippen LogP contribution in [0.5, 0.6) is 0 Å². The van der Waals surface area contributed by atoms with Gasteiger partial charge in [-0.25, -0.2) is 9.97 Å². The van der Waals surface area contributed by atoms with E-state index in [1.54, 1.807) is 18.3 Å². The van der Waals surface area contributed by atoms with Crippen LogP contribution in [0.2, 0.25) is 0 Å². The first-order valence-electron chi connectivity index (χ1n) is 8.93. The van der Waals surface area contributed by atoms with E-state index in [-0.39, 0.29) is 0 Å². The largest absolute Gasteiger partial charge is 0.416 e. The maximum Gasteiger partial charge on any atom is 0.416 e. The van der Waals surface area contributed by atoms with Gasteiger partial charge >= 0.3 is 6.18 Å². The SMILES string of the molecule is Nc1ccnc(SC/C=C/CN2CCN(c3cccc(C(F)(F)F)c3)CC2)n1. The quantitative estimate of drug-likeness (QED) is 0.447. The van der Waals surface area contributed by atoms with Gasteiger partial charge in [-0.15, -0.1) is 0 Å². The van der Waals surface area contributed by atoms with E-state index in [9.17, 15) is 13.2 Å². The third kappa shape index (κ3) is 5.87. The molecule has 1 fully saturated rings. The summed E-state index contributed by atoms with van der Waals surface area (Å²) in [6.45, 7) is 3.86. The van der Waals surface area contributed by atoms with Gasteiger partial charge in [0.2, 0.25) is 0 Å². The molecule has 1 aliphatic rings. The van der Waals surface area contributed by atoms with Crippen molar-refractivity contribution in [3.05, 3.63) is 54.2 Å². The molecule has 2 aromatic rings. The van der Waals surface area contributed by atoms with E-state index in [0.717, 1.165) is 31.5 Å². The van der Waals surface area contributed by atoms with Gasteiger partial charge in [0.25, 0.3) is 0 Å². The summed E-state index contributed by atoms with van der Waals surface area (Å²) >= 11 is 1.51. The molecule has 1 aliphatic heterocycles. The molecule has 0 atom stereocenters. The highest BCUT2D eigenvalue weighted by Crippen LogP contribution is 2.31. The Hall–Kier alpha value is -2.26. The van der Waals surface area contributed by atoms with E-state index in [4.69, 9.17) is 5.73 Å². The molecule has 0 bridgehead atoms. The van der Waals surface area contributed by atoms with Crippen LogP contribution in [0.3, 0.4) is 0 Å². The van der Waals surface area contributed by atoms with Crippen molar-refractivity contribution in [1.82, 2.24) is 14.9 Å². The van der Waals surface area contributed by atoms with Gasteiger partial charge in [0.1, 0.15) is 5.82 Å². The number of hydrogen-bond acceptors (Lipinski definition) is 6. The predicted molar refractivity (Wildman–Crippen MR) is 106 cm³/mol. The molecule has 150 valence electrons. The number of benzene rings is 1. The fraction of sp³-hybridized carbons (Fsp3) is 0.368. The van der Waals surface area contributed by atoms with Crippen LogP contribution in [0.4, 0.5) is 24.7 Å². The van der Waals surface area contributed by atoms with E-state index in [2.05, 4.69) is 27.0 Å². The van der Waals surface area contributed by atoms with E-state index >= 15 is 0 Å². The van der Waals surface area contributed by atoms with Gasteiger partial charge in [-0.3, -0.25) is 4.90 Å². The smallest absolute Gasteiger partial charge is 0.384 e. The van der Waals surface area contributed by atoms with Crippen LogP contribution in [0.25, 0.3) is 0 Å². The lowest BCUT2D eigenvalue weighted by atomic mass is 10.1. The van der Waals surface area contributed by atoms with E-state index in [1.165, 1.54) is 23.9 Å². The van der Waals surface area contributed by atoms with Crippen LogP contribution < -0.4 is 10.6 Å². The molecule has 28 heavy (non-hydrogen) atoms. The average molecular weight is 409 g/mol. The van der Waals surface area contributed by atoms with Crippen LogP contribution in [-0.2, 0) is 6.18 Å². The highest BCUT2D eigenvalue weighted by atomic mass is 32.2. The summed E-state index contributed by atoms with van der Waals surface area (Å²) in [4.78, 5) is 12.5. The third-order valence-electron chi connectivity index (χ3n) is 4.40. The minimum absolute atomic E-state index is 0.458. The highest BCUT2D eigenvalue weighted by Gasteiger charge is 2.31. The summed E-state index contributed by atoms with van der Waals surface area (Å²) in [7, 11) is 0. The van der Waals surface area contributed by atoms with Gasteiger partial charge in [0.05, 0.1) is 5.56 Å². The zero-order valence-electron chi connectivity index (χ0n) is 15.3. The Morgan fingerprint density at radius 3 is 2.61 bits per heavy atom. The van der Waals surface area contributed by atoms with Gasteiger partial charge < -0.3 is 10.6 Å². The van der Waals surface area contributed by atoms with Gasteiger partial charge in [-0.05, 0) is 24.3 Å². The van der Waals surface area contributed by atoms with Crippen LogP contribution >= 0.6 is 11.8 Å². The second-order valence-electron chi connectivity index (χ2n) is 6.38. The van der Waals surface area contributed by atoms with Crippen molar-refractivity contribution in [2.24, 2.45) is 0 Å². The maximum atomic E-state index is 12.9. The van der Waals surface area contributed by atoms with Crippen LogP contribution in [0, 0.1) is 0 Å². The first kappa shape index (κ1) is 20.5. The summed E-state index contributed by atoms with van der Waals surface area (Å²) < 4.78 is 38.6. The molecule has 1 aromatic carbocycles. The number of thioether (sulfide) groups is 1. The summed E-state index contributed by atoms with van der Waals surface area (Å²) in [5.41, 5.74) is 5.65. The Morgan fingerprint density at radius 2 is 1.89 bits per heavy atom. The topological polar surface area (TPSA) is 58.3 Å². The Morgan fingerprint density at radius 1 is 1.11 bits per heavy atom. The zero-order valence-corrected chi connectivity index (χ0v) is 16.1. The van der Waals surface area contributed by atoms with E-state index in [1.807, 2.05) is 4.90 Å². The summed E-state index contributed by atoms with van der Waals surface area (Å²) in [6, 6.07) is 7.19. The minimum atomic E-state index is -4.31. The number of nitrogen functional groups attached to an aromatic ring is 1.